The van der Waals surface area contributed by atoms with E-state index in [1.54, 1.807) is 0 Å². The van der Waals surface area contributed by atoms with Gasteiger partial charge in [-0.05, 0) is 74.6 Å². The van der Waals surface area contributed by atoms with Gasteiger partial charge in [0.05, 0.1) is 5.75 Å². The first kappa shape index (κ1) is 20.1. The number of ether oxygens (including phenoxy) is 1. The SMILES string of the molecule is Cc1ccc(C)c(OCc2nnc(SCC(=O)c3cc(C)c(C)cc3C)o2)c1. The number of hydrogen-bond acceptors (Lipinski definition) is 6. The van der Waals surface area contributed by atoms with Crippen molar-refractivity contribution in [1.29, 1.82) is 0 Å². The summed E-state index contributed by atoms with van der Waals surface area (Å²) in [5, 5.41) is 8.38. The maximum absolute atomic E-state index is 12.6. The second-order valence-electron chi connectivity index (χ2n) is 6.98. The van der Waals surface area contributed by atoms with Gasteiger partial charge in [0.25, 0.3) is 11.1 Å². The Morgan fingerprint density at radius 3 is 2.50 bits per heavy atom. The van der Waals surface area contributed by atoms with Gasteiger partial charge in [-0.3, -0.25) is 4.79 Å². The van der Waals surface area contributed by atoms with Gasteiger partial charge in [0.2, 0.25) is 0 Å². The molecule has 146 valence electrons. The highest BCUT2D eigenvalue weighted by Gasteiger charge is 2.14. The number of rotatable bonds is 7. The fraction of sp³-hybridized carbons (Fsp3) is 0.318. The van der Waals surface area contributed by atoms with Crippen LogP contribution in [0.2, 0.25) is 0 Å². The van der Waals surface area contributed by atoms with E-state index >= 15 is 0 Å². The van der Waals surface area contributed by atoms with Crippen molar-refractivity contribution in [3.8, 4) is 5.75 Å². The number of nitrogens with zero attached hydrogens (tertiary/aromatic N) is 2. The molecule has 0 atom stereocenters. The maximum atomic E-state index is 12.6. The van der Waals surface area contributed by atoms with Crippen LogP contribution >= 0.6 is 11.8 Å². The molecule has 1 aromatic heterocycles. The largest absolute Gasteiger partial charge is 0.484 e. The average molecular weight is 397 g/mol. The van der Waals surface area contributed by atoms with Gasteiger partial charge < -0.3 is 9.15 Å². The Hall–Kier alpha value is -2.60. The molecule has 0 saturated heterocycles. The molecule has 0 spiro atoms. The lowest BCUT2D eigenvalue weighted by Gasteiger charge is -2.08. The number of ketones is 1. The van der Waals surface area contributed by atoms with Crippen LogP contribution in [-0.2, 0) is 6.61 Å². The van der Waals surface area contributed by atoms with Crippen molar-refractivity contribution in [2.75, 3.05) is 5.75 Å². The quantitative estimate of drug-likeness (QED) is 0.406. The molecule has 5 nitrogen and oxygen atoms in total. The van der Waals surface area contributed by atoms with E-state index < -0.39 is 0 Å². The average Bonchev–Trinajstić information content (AvgIpc) is 3.11. The van der Waals surface area contributed by atoms with Gasteiger partial charge in [0.15, 0.2) is 12.4 Å². The summed E-state index contributed by atoms with van der Waals surface area (Å²) >= 11 is 1.24. The minimum absolute atomic E-state index is 0.0528. The van der Waals surface area contributed by atoms with Gasteiger partial charge in [0, 0.05) is 5.56 Å². The molecule has 3 aromatic rings. The molecule has 3 rings (SSSR count). The highest BCUT2D eigenvalue weighted by molar-refractivity contribution is 7.99. The predicted molar refractivity (Wildman–Crippen MR) is 110 cm³/mol. The molecule has 0 bridgehead atoms. The molecule has 0 N–H and O–H groups in total. The molecule has 0 aliphatic heterocycles. The molecule has 0 aliphatic carbocycles. The van der Waals surface area contributed by atoms with E-state index in [4.69, 9.17) is 9.15 Å². The monoisotopic (exact) mass is 396 g/mol. The number of aryl methyl sites for hydroxylation is 5. The predicted octanol–water partition coefficient (Wildman–Crippen LogP) is 5.17. The minimum atomic E-state index is 0.0528. The molecule has 0 fully saturated rings. The lowest BCUT2D eigenvalue weighted by Crippen LogP contribution is -2.06. The first-order valence-electron chi connectivity index (χ1n) is 9.10. The Balaban J connectivity index is 1.58. The maximum Gasteiger partial charge on any atom is 0.277 e. The summed E-state index contributed by atoms with van der Waals surface area (Å²) in [5.74, 6) is 1.49. The van der Waals surface area contributed by atoms with E-state index in [-0.39, 0.29) is 18.1 Å². The topological polar surface area (TPSA) is 65.2 Å². The third-order valence-electron chi connectivity index (χ3n) is 4.61. The molecule has 0 saturated carbocycles. The molecular formula is C22H24N2O3S. The van der Waals surface area contributed by atoms with Crippen molar-refractivity contribution in [2.24, 2.45) is 0 Å². The second-order valence-corrected chi connectivity index (χ2v) is 7.91. The van der Waals surface area contributed by atoms with Gasteiger partial charge in [0.1, 0.15) is 5.75 Å². The van der Waals surface area contributed by atoms with Crippen LogP contribution in [-0.4, -0.2) is 21.7 Å². The number of Topliss-reactive ketones (excluding diaryl/α,β-unsaturated/α-hetero) is 1. The summed E-state index contributed by atoms with van der Waals surface area (Å²) in [4.78, 5) is 12.6. The zero-order valence-corrected chi connectivity index (χ0v) is 17.6. The van der Waals surface area contributed by atoms with Gasteiger partial charge in [-0.15, -0.1) is 10.2 Å². The lowest BCUT2D eigenvalue weighted by molar-refractivity contribution is 0.102. The normalized spacial score (nSPS) is 10.9. The van der Waals surface area contributed by atoms with Crippen LogP contribution in [0, 0.1) is 34.6 Å². The number of carbonyl (C=O) groups is 1. The smallest absolute Gasteiger partial charge is 0.277 e. The molecular weight excluding hydrogens is 372 g/mol. The zero-order chi connectivity index (χ0) is 20.3. The number of benzene rings is 2. The van der Waals surface area contributed by atoms with Crippen molar-refractivity contribution >= 4 is 17.5 Å². The second kappa shape index (κ2) is 8.61. The van der Waals surface area contributed by atoms with Gasteiger partial charge in [-0.2, -0.15) is 0 Å². The van der Waals surface area contributed by atoms with E-state index in [9.17, 15) is 4.79 Å². The number of hydrogen-bond donors (Lipinski definition) is 0. The van der Waals surface area contributed by atoms with E-state index in [1.165, 1.54) is 17.3 Å². The van der Waals surface area contributed by atoms with Crippen LogP contribution < -0.4 is 4.74 Å². The van der Waals surface area contributed by atoms with Crippen molar-refractivity contribution in [3.63, 3.8) is 0 Å². The van der Waals surface area contributed by atoms with Crippen molar-refractivity contribution in [1.82, 2.24) is 10.2 Å². The van der Waals surface area contributed by atoms with Gasteiger partial charge >= 0.3 is 0 Å². The van der Waals surface area contributed by atoms with Crippen LogP contribution in [0.5, 0.6) is 5.75 Å². The van der Waals surface area contributed by atoms with Crippen molar-refractivity contribution in [3.05, 3.63) is 69.6 Å². The van der Waals surface area contributed by atoms with Crippen molar-refractivity contribution < 1.29 is 13.9 Å². The third kappa shape index (κ3) is 4.81. The summed E-state index contributed by atoms with van der Waals surface area (Å²) in [5.41, 5.74) is 6.21. The Morgan fingerprint density at radius 1 is 0.964 bits per heavy atom. The molecule has 6 heteroatoms. The van der Waals surface area contributed by atoms with E-state index in [2.05, 4.69) is 10.2 Å². The summed E-state index contributed by atoms with van der Waals surface area (Å²) in [7, 11) is 0. The summed E-state index contributed by atoms with van der Waals surface area (Å²) in [6.45, 7) is 10.2. The highest BCUT2D eigenvalue weighted by atomic mass is 32.2. The number of carbonyl (C=O) groups excluding carboxylic acids is 1. The Morgan fingerprint density at radius 2 is 1.71 bits per heavy atom. The fourth-order valence-electron chi connectivity index (χ4n) is 2.82. The molecule has 0 unspecified atom stereocenters. The highest BCUT2D eigenvalue weighted by Crippen LogP contribution is 2.23. The standard InChI is InChI=1S/C22H24N2O3S/c1-13-6-7-14(2)20(8-13)26-11-21-23-24-22(27-21)28-12-19(25)18-10-16(4)15(3)9-17(18)5/h6-10H,11-12H2,1-5H3. The Labute approximate surface area is 169 Å². The van der Waals surface area contributed by atoms with Crippen molar-refractivity contribution in [2.45, 2.75) is 46.4 Å². The van der Waals surface area contributed by atoms with E-state index in [0.29, 0.717) is 11.1 Å². The van der Waals surface area contributed by atoms with Gasteiger partial charge in [-0.25, -0.2) is 0 Å². The van der Waals surface area contributed by atoms with Crippen LogP contribution in [0.1, 0.15) is 44.1 Å². The number of aromatic nitrogens is 2. The number of thioether (sulfide) groups is 1. The first-order valence-corrected chi connectivity index (χ1v) is 10.1. The summed E-state index contributed by atoms with van der Waals surface area (Å²) < 4.78 is 11.4. The molecule has 28 heavy (non-hydrogen) atoms. The third-order valence-corrected chi connectivity index (χ3v) is 5.43. The molecule has 0 radical (unpaired) electrons. The molecule has 0 aliphatic rings. The lowest BCUT2D eigenvalue weighted by atomic mass is 9.99. The molecule has 1 heterocycles. The van der Waals surface area contributed by atoms with E-state index in [0.717, 1.165) is 33.6 Å². The Bertz CT molecular complexity index is 1010. The summed E-state index contributed by atoms with van der Waals surface area (Å²) in [6, 6.07) is 10.0. The van der Waals surface area contributed by atoms with E-state index in [1.807, 2.05) is 65.0 Å². The van der Waals surface area contributed by atoms with Gasteiger partial charge in [-0.1, -0.05) is 30.0 Å². The van der Waals surface area contributed by atoms with Crippen LogP contribution in [0.15, 0.2) is 40.0 Å². The summed E-state index contributed by atoms with van der Waals surface area (Å²) in [6.07, 6.45) is 0. The first-order chi connectivity index (χ1) is 13.3. The molecule has 2 aromatic carbocycles. The zero-order valence-electron chi connectivity index (χ0n) is 16.8. The van der Waals surface area contributed by atoms with Crippen LogP contribution in [0.4, 0.5) is 0 Å². The minimum Gasteiger partial charge on any atom is -0.484 e. The molecule has 0 amide bonds. The Kier molecular flexibility index (Phi) is 6.19. The van der Waals surface area contributed by atoms with Crippen LogP contribution in [0.25, 0.3) is 0 Å². The fourth-order valence-corrected chi connectivity index (χ4v) is 3.49. The van der Waals surface area contributed by atoms with Crippen LogP contribution in [0.3, 0.4) is 0 Å².